The van der Waals surface area contributed by atoms with E-state index in [9.17, 15) is 14.7 Å². The maximum Gasteiger partial charge on any atom is 0.253 e. The van der Waals surface area contributed by atoms with Gasteiger partial charge in [0.25, 0.3) is 11.8 Å². The normalized spacial score (nSPS) is 15.0. The van der Waals surface area contributed by atoms with Crippen molar-refractivity contribution in [1.82, 2.24) is 15.5 Å². The molecule has 3 N–H and O–H groups in total. The Morgan fingerprint density at radius 3 is 2.33 bits per heavy atom. The van der Waals surface area contributed by atoms with Gasteiger partial charge < -0.3 is 30.3 Å². The number of aliphatic hydroxyl groups excluding tert-OH is 1. The molecular formula is C35H46N4O4. The molecule has 1 fully saturated rings. The van der Waals surface area contributed by atoms with Crippen molar-refractivity contribution in [3.05, 3.63) is 95.1 Å². The van der Waals surface area contributed by atoms with Crippen LogP contribution in [-0.4, -0.2) is 74.8 Å². The molecule has 1 heterocycles. The van der Waals surface area contributed by atoms with Gasteiger partial charge in [-0.05, 0) is 81.0 Å². The highest BCUT2D eigenvalue weighted by Gasteiger charge is 2.27. The van der Waals surface area contributed by atoms with E-state index in [0.29, 0.717) is 17.5 Å². The summed E-state index contributed by atoms with van der Waals surface area (Å²) in [4.78, 5) is 30.6. The molecule has 0 radical (unpaired) electrons. The lowest BCUT2D eigenvalue weighted by atomic mass is 9.93. The first-order valence-electron chi connectivity index (χ1n) is 15.1. The van der Waals surface area contributed by atoms with Crippen LogP contribution in [0.3, 0.4) is 0 Å². The molecule has 1 saturated heterocycles. The van der Waals surface area contributed by atoms with E-state index < -0.39 is 17.7 Å². The van der Waals surface area contributed by atoms with Gasteiger partial charge >= 0.3 is 0 Å². The zero-order valence-electron chi connectivity index (χ0n) is 26.1. The highest BCUT2D eigenvalue weighted by molar-refractivity contribution is 6.01. The number of hydrogen-bond donors (Lipinski definition) is 3. The van der Waals surface area contributed by atoms with Crippen LogP contribution in [0, 0.1) is 0 Å². The number of carbonyl (C=O) groups is 2. The topological polar surface area (TPSA) is 94.1 Å². The Kier molecular flexibility index (Phi) is 10.8. The van der Waals surface area contributed by atoms with Crippen LogP contribution in [-0.2, 0) is 12.0 Å². The van der Waals surface area contributed by atoms with Crippen molar-refractivity contribution in [1.29, 1.82) is 0 Å². The van der Waals surface area contributed by atoms with Crippen molar-refractivity contribution in [3.8, 4) is 5.75 Å². The second kappa shape index (κ2) is 14.5. The largest absolute Gasteiger partial charge is 0.497 e. The lowest BCUT2D eigenvalue weighted by Crippen LogP contribution is -2.51. The Balaban J connectivity index is 1.57. The van der Waals surface area contributed by atoms with Gasteiger partial charge in [-0.25, -0.2) is 0 Å². The molecule has 0 aliphatic carbocycles. The van der Waals surface area contributed by atoms with E-state index in [0.717, 1.165) is 48.5 Å². The first-order chi connectivity index (χ1) is 20.6. The summed E-state index contributed by atoms with van der Waals surface area (Å²) in [6, 6.07) is 22.5. The standard InChI is InChI=1S/C35H46N4O4/c1-35(2,28-15-12-16-30(23-28)43-5)36-24-32(40)31(19-25-13-8-6-9-14-25)37-33(41)26-20-27(34(42)38(3)4)22-29(21-26)39-17-10-7-11-18-39/h6,8-9,12-16,20-23,31-32,36,40H,7,10-11,17-19,24H2,1-5H3,(H,37,41)/t31-,32+/m0/s1. The molecule has 43 heavy (non-hydrogen) atoms. The quantitative estimate of drug-likeness (QED) is 0.287. The number of rotatable bonds is 12. The third kappa shape index (κ3) is 8.58. The van der Waals surface area contributed by atoms with Gasteiger partial charge in [-0.2, -0.15) is 0 Å². The van der Waals surface area contributed by atoms with Crippen molar-refractivity contribution >= 4 is 17.5 Å². The molecule has 0 spiro atoms. The summed E-state index contributed by atoms with van der Waals surface area (Å²) in [6.07, 6.45) is 2.91. The minimum Gasteiger partial charge on any atom is -0.497 e. The summed E-state index contributed by atoms with van der Waals surface area (Å²) in [5.41, 5.74) is 3.32. The van der Waals surface area contributed by atoms with E-state index in [1.54, 1.807) is 27.3 Å². The van der Waals surface area contributed by atoms with E-state index in [4.69, 9.17) is 4.74 Å². The van der Waals surface area contributed by atoms with Crippen LogP contribution in [0.4, 0.5) is 5.69 Å². The van der Waals surface area contributed by atoms with Crippen LogP contribution in [0.25, 0.3) is 0 Å². The zero-order chi connectivity index (χ0) is 31.0. The zero-order valence-corrected chi connectivity index (χ0v) is 26.1. The van der Waals surface area contributed by atoms with Crippen LogP contribution in [0.1, 0.15) is 65.0 Å². The maximum absolute atomic E-state index is 13.8. The predicted octanol–water partition coefficient (Wildman–Crippen LogP) is 4.61. The van der Waals surface area contributed by atoms with Gasteiger partial charge in [-0.1, -0.05) is 42.5 Å². The third-order valence-corrected chi connectivity index (χ3v) is 8.18. The average Bonchev–Trinajstić information content (AvgIpc) is 3.03. The summed E-state index contributed by atoms with van der Waals surface area (Å²) in [5, 5.41) is 18.1. The van der Waals surface area contributed by atoms with Gasteiger partial charge in [0.05, 0.1) is 19.3 Å². The Morgan fingerprint density at radius 2 is 1.65 bits per heavy atom. The van der Waals surface area contributed by atoms with Crippen molar-refractivity contribution in [2.45, 2.75) is 57.2 Å². The number of amides is 2. The maximum atomic E-state index is 13.8. The highest BCUT2D eigenvalue weighted by Crippen LogP contribution is 2.26. The lowest BCUT2D eigenvalue weighted by molar-refractivity contribution is 0.0813. The molecule has 0 saturated carbocycles. The second-order valence-corrected chi connectivity index (χ2v) is 12.1. The lowest BCUT2D eigenvalue weighted by Gasteiger charge is -2.32. The number of piperidine rings is 1. The van der Waals surface area contributed by atoms with Gasteiger partial charge in [0.15, 0.2) is 0 Å². The number of ether oxygens (including phenoxy) is 1. The number of anilines is 1. The summed E-state index contributed by atoms with van der Waals surface area (Å²) in [6.45, 7) is 6.14. The van der Waals surface area contributed by atoms with E-state index in [-0.39, 0.29) is 18.4 Å². The molecule has 1 aliphatic rings. The first-order valence-corrected chi connectivity index (χ1v) is 15.1. The molecule has 0 unspecified atom stereocenters. The number of carbonyl (C=O) groups excluding carboxylic acids is 2. The highest BCUT2D eigenvalue weighted by atomic mass is 16.5. The van der Waals surface area contributed by atoms with Crippen LogP contribution >= 0.6 is 0 Å². The Morgan fingerprint density at radius 1 is 0.953 bits per heavy atom. The summed E-state index contributed by atoms with van der Waals surface area (Å²) >= 11 is 0. The number of aliphatic hydroxyl groups is 1. The van der Waals surface area contributed by atoms with E-state index in [1.165, 1.54) is 11.3 Å². The number of nitrogens with zero attached hydrogens (tertiary/aromatic N) is 2. The molecule has 8 nitrogen and oxygen atoms in total. The minimum atomic E-state index is -0.887. The van der Waals surface area contributed by atoms with Gasteiger partial charge in [0, 0.05) is 56.1 Å². The van der Waals surface area contributed by atoms with Crippen molar-refractivity contribution < 1.29 is 19.4 Å². The summed E-state index contributed by atoms with van der Waals surface area (Å²) in [5.74, 6) is 0.289. The van der Waals surface area contributed by atoms with Crippen molar-refractivity contribution in [2.24, 2.45) is 0 Å². The molecule has 0 aromatic heterocycles. The molecule has 2 amide bonds. The predicted molar refractivity (Wildman–Crippen MR) is 172 cm³/mol. The molecule has 3 aromatic rings. The van der Waals surface area contributed by atoms with Crippen LogP contribution in [0.2, 0.25) is 0 Å². The summed E-state index contributed by atoms with van der Waals surface area (Å²) < 4.78 is 5.40. The fourth-order valence-electron chi connectivity index (χ4n) is 5.48. The monoisotopic (exact) mass is 586 g/mol. The van der Waals surface area contributed by atoms with Gasteiger partial charge in [0.2, 0.25) is 0 Å². The van der Waals surface area contributed by atoms with Gasteiger partial charge in [-0.3, -0.25) is 9.59 Å². The number of hydrogen-bond acceptors (Lipinski definition) is 6. The Labute approximate surface area is 256 Å². The van der Waals surface area contributed by atoms with Crippen molar-refractivity contribution in [3.63, 3.8) is 0 Å². The Hall–Kier alpha value is -3.88. The van der Waals surface area contributed by atoms with Gasteiger partial charge in [0.1, 0.15) is 5.75 Å². The Bertz CT molecular complexity index is 1370. The van der Waals surface area contributed by atoms with Crippen LogP contribution in [0.5, 0.6) is 5.75 Å². The molecule has 0 bridgehead atoms. The molecular weight excluding hydrogens is 540 g/mol. The molecule has 2 atom stereocenters. The molecule has 3 aromatic carbocycles. The smallest absolute Gasteiger partial charge is 0.253 e. The van der Waals surface area contributed by atoms with Crippen molar-refractivity contribution in [2.75, 3.05) is 45.7 Å². The second-order valence-electron chi connectivity index (χ2n) is 12.1. The average molecular weight is 587 g/mol. The van der Waals surface area contributed by atoms with Crippen LogP contribution in [0.15, 0.2) is 72.8 Å². The molecule has 230 valence electrons. The summed E-state index contributed by atoms with van der Waals surface area (Å²) in [7, 11) is 5.06. The number of benzene rings is 3. The fraction of sp³-hybridized carbons (Fsp3) is 0.429. The first kappa shape index (κ1) is 32.0. The number of methoxy groups -OCH3 is 1. The number of nitrogens with one attached hydrogen (secondary N) is 2. The van der Waals surface area contributed by atoms with Gasteiger partial charge in [-0.15, -0.1) is 0 Å². The van der Waals surface area contributed by atoms with E-state index in [2.05, 4.69) is 29.4 Å². The molecule has 1 aliphatic heterocycles. The van der Waals surface area contributed by atoms with Crippen LogP contribution < -0.4 is 20.3 Å². The fourth-order valence-corrected chi connectivity index (χ4v) is 5.48. The molecule has 8 heteroatoms. The SMILES string of the molecule is COc1cccc(C(C)(C)NC[C@@H](O)[C@H](Cc2ccccc2)NC(=O)c2cc(C(=O)N(C)C)cc(N3CCCCC3)c2)c1. The minimum absolute atomic E-state index is 0.155. The third-order valence-electron chi connectivity index (χ3n) is 8.18. The van der Waals surface area contributed by atoms with E-state index >= 15 is 0 Å². The van der Waals surface area contributed by atoms with E-state index in [1.807, 2.05) is 66.7 Å². The molecule has 4 rings (SSSR count).